The predicted octanol–water partition coefficient (Wildman–Crippen LogP) is 1.86. The third kappa shape index (κ3) is 3.57. The normalized spacial score (nSPS) is 25.8. The third-order valence-corrected chi connectivity index (χ3v) is 6.05. The summed E-state index contributed by atoms with van der Waals surface area (Å²) in [5.74, 6) is -0.309. The second-order valence-electron chi connectivity index (χ2n) is 7.84. The molecule has 152 valence electrons. The molecular weight excluding hydrogens is 370 g/mol. The number of likely N-dealkylation sites (tertiary alicyclic amines) is 1. The highest BCUT2D eigenvalue weighted by atomic mass is 16.5. The van der Waals surface area contributed by atoms with Gasteiger partial charge in [-0.25, -0.2) is 4.98 Å². The number of para-hydroxylation sites is 1. The van der Waals surface area contributed by atoms with Crippen LogP contribution in [0.1, 0.15) is 13.8 Å². The van der Waals surface area contributed by atoms with Crippen molar-refractivity contribution >= 4 is 22.8 Å². The molecule has 0 bridgehead atoms. The lowest BCUT2D eigenvalue weighted by Crippen LogP contribution is -2.38. The monoisotopic (exact) mass is 395 g/mol. The second-order valence-corrected chi connectivity index (χ2v) is 7.84. The van der Waals surface area contributed by atoms with Crippen LogP contribution in [0.25, 0.3) is 10.9 Å². The number of nitrogens with zero attached hydrogens (tertiary/aromatic N) is 3. The summed E-state index contributed by atoms with van der Waals surface area (Å²) in [7, 11) is 0. The first-order chi connectivity index (χ1) is 14.0. The average Bonchev–Trinajstić information content (AvgIpc) is 3.14. The summed E-state index contributed by atoms with van der Waals surface area (Å²) in [5.41, 5.74) is 0.392. The minimum absolute atomic E-state index is 0.0458. The zero-order valence-corrected chi connectivity index (χ0v) is 16.7. The lowest BCUT2D eigenvalue weighted by atomic mass is 9.72. The summed E-state index contributed by atoms with van der Waals surface area (Å²) >= 11 is 0. The number of hydrogen-bond acceptors (Lipinski definition) is 5. The smallest absolute Gasteiger partial charge is 0.309 e. The molecule has 1 aliphatic carbocycles. The summed E-state index contributed by atoms with van der Waals surface area (Å²) in [5, 5.41) is 0.497. The van der Waals surface area contributed by atoms with Gasteiger partial charge in [0.15, 0.2) is 0 Å². The summed E-state index contributed by atoms with van der Waals surface area (Å²) in [6, 6.07) is 7.10. The summed E-state index contributed by atoms with van der Waals surface area (Å²) < 4.78 is 6.63. The van der Waals surface area contributed by atoms with Crippen LogP contribution in [0.5, 0.6) is 0 Å². The molecule has 2 aliphatic rings. The standard InChI is InChI=1S/C22H25N3O4/c1-3-29-22(28)20-14(2)8-9-15-10-24(11-17(15)20)19(26)12-25-13-23-18-7-5-4-6-16(18)21(25)27/h4-9,13-15,17,20H,3,10-12H2,1-2H3/t14-,15-,17-,20-/m0/s1. The Morgan fingerprint density at radius 3 is 2.79 bits per heavy atom. The molecule has 0 unspecified atom stereocenters. The molecule has 1 aromatic heterocycles. The number of rotatable bonds is 4. The van der Waals surface area contributed by atoms with E-state index in [4.69, 9.17) is 4.74 Å². The van der Waals surface area contributed by atoms with Crippen LogP contribution >= 0.6 is 0 Å². The summed E-state index contributed by atoms with van der Waals surface area (Å²) in [6.45, 7) is 5.16. The van der Waals surface area contributed by atoms with Crippen molar-refractivity contribution in [2.45, 2.75) is 20.4 Å². The predicted molar refractivity (Wildman–Crippen MR) is 108 cm³/mol. The molecule has 0 spiro atoms. The van der Waals surface area contributed by atoms with Gasteiger partial charge in [-0.1, -0.05) is 31.2 Å². The van der Waals surface area contributed by atoms with E-state index in [2.05, 4.69) is 17.1 Å². The van der Waals surface area contributed by atoms with E-state index < -0.39 is 0 Å². The number of aromatic nitrogens is 2. The number of fused-ring (bicyclic) bond motifs is 2. The lowest BCUT2D eigenvalue weighted by molar-refractivity contribution is -0.152. The Labute approximate surface area is 169 Å². The van der Waals surface area contributed by atoms with E-state index in [9.17, 15) is 14.4 Å². The maximum absolute atomic E-state index is 12.9. The molecule has 1 aromatic carbocycles. The number of esters is 1. The maximum Gasteiger partial charge on any atom is 0.309 e. The van der Waals surface area contributed by atoms with Gasteiger partial charge in [0.25, 0.3) is 5.56 Å². The van der Waals surface area contributed by atoms with Crippen LogP contribution in [0.4, 0.5) is 0 Å². The first-order valence-electron chi connectivity index (χ1n) is 10.1. The van der Waals surface area contributed by atoms with Crippen molar-refractivity contribution in [2.24, 2.45) is 23.7 Å². The van der Waals surface area contributed by atoms with Crippen molar-refractivity contribution in [3.63, 3.8) is 0 Å². The van der Waals surface area contributed by atoms with Crippen LogP contribution in [0.3, 0.4) is 0 Å². The Hall–Kier alpha value is -2.96. The SMILES string of the molecule is CCOC(=O)[C@@H]1[C@H]2CN(C(=O)Cn3cnc4ccccc4c3=O)C[C@@H]2C=C[C@@H]1C. The van der Waals surface area contributed by atoms with Crippen molar-refractivity contribution in [1.82, 2.24) is 14.5 Å². The first-order valence-corrected chi connectivity index (χ1v) is 10.1. The zero-order chi connectivity index (χ0) is 20.5. The number of ether oxygens (including phenoxy) is 1. The quantitative estimate of drug-likeness (QED) is 0.583. The fourth-order valence-corrected chi connectivity index (χ4v) is 4.56. The van der Waals surface area contributed by atoms with E-state index in [-0.39, 0.29) is 47.7 Å². The van der Waals surface area contributed by atoms with Gasteiger partial charge < -0.3 is 9.64 Å². The Morgan fingerprint density at radius 1 is 1.21 bits per heavy atom. The molecule has 2 aromatic rings. The van der Waals surface area contributed by atoms with E-state index in [0.29, 0.717) is 30.6 Å². The molecule has 7 nitrogen and oxygen atoms in total. The van der Waals surface area contributed by atoms with Gasteiger partial charge in [-0.15, -0.1) is 0 Å². The highest BCUT2D eigenvalue weighted by Gasteiger charge is 2.45. The van der Waals surface area contributed by atoms with Gasteiger partial charge in [-0.3, -0.25) is 19.0 Å². The third-order valence-electron chi connectivity index (χ3n) is 6.05. The molecule has 7 heteroatoms. The van der Waals surface area contributed by atoms with Crippen LogP contribution in [0, 0.1) is 23.7 Å². The van der Waals surface area contributed by atoms with Gasteiger partial charge in [-0.05, 0) is 36.8 Å². The average molecular weight is 395 g/mol. The number of benzene rings is 1. The van der Waals surface area contributed by atoms with E-state index in [1.165, 1.54) is 10.9 Å². The largest absolute Gasteiger partial charge is 0.466 e. The minimum Gasteiger partial charge on any atom is -0.466 e. The fraction of sp³-hybridized carbons (Fsp3) is 0.455. The molecule has 0 N–H and O–H groups in total. The number of amides is 1. The molecule has 4 atom stereocenters. The van der Waals surface area contributed by atoms with E-state index in [0.717, 1.165) is 0 Å². The van der Waals surface area contributed by atoms with Crippen LogP contribution in [0.15, 0.2) is 47.5 Å². The van der Waals surface area contributed by atoms with Crippen LogP contribution in [0.2, 0.25) is 0 Å². The van der Waals surface area contributed by atoms with Gasteiger partial charge >= 0.3 is 5.97 Å². The zero-order valence-electron chi connectivity index (χ0n) is 16.7. The number of allylic oxidation sites excluding steroid dienone is 1. The van der Waals surface area contributed by atoms with Crippen LogP contribution in [-0.4, -0.2) is 46.0 Å². The van der Waals surface area contributed by atoms with Crippen molar-refractivity contribution in [1.29, 1.82) is 0 Å². The van der Waals surface area contributed by atoms with Crippen LogP contribution < -0.4 is 5.56 Å². The second kappa shape index (κ2) is 7.81. The van der Waals surface area contributed by atoms with Crippen molar-refractivity contribution in [3.8, 4) is 0 Å². The summed E-state index contributed by atoms with van der Waals surface area (Å²) in [4.78, 5) is 44.1. The Balaban J connectivity index is 1.51. The maximum atomic E-state index is 12.9. The molecule has 1 saturated heterocycles. The fourth-order valence-electron chi connectivity index (χ4n) is 4.56. The Kier molecular flexibility index (Phi) is 5.22. The van der Waals surface area contributed by atoms with E-state index in [1.807, 2.05) is 13.0 Å². The molecule has 1 amide bonds. The topological polar surface area (TPSA) is 81.5 Å². The molecule has 0 saturated carbocycles. The van der Waals surface area contributed by atoms with Gasteiger partial charge in [0, 0.05) is 13.1 Å². The van der Waals surface area contributed by atoms with Crippen molar-refractivity contribution in [3.05, 3.63) is 53.1 Å². The van der Waals surface area contributed by atoms with Gasteiger partial charge in [0.1, 0.15) is 6.54 Å². The lowest BCUT2D eigenvalue weighted by Gasteiger charge is -2.31. The minimum atomic E-state index is -0.243. The molecule has 1 fully saturated rings. The Morgan fingerprint density at radius 2 is 2.00 bits per heavy atom. The first kappa shape index (κ1) is 19.4. The molecular formula is C22H25N3O4. The van der Waals surface area contributed by atoms with Crippen molar-refractivity contribution < 1.29 is 14.3 Å². The molecule has 1 aliphatic heterocycles. The molecule has 0 radical (unpaired) electrons. The highest BCUT2D eigenvalue weighted by molar-refractivity contribution is 5.79. The molecule has 4 rings (SSSR count). The van der Waals surface area contributed by atoms with Crippen LogP contribution in [-0.2, 0) is 20.9 Å². The number of carbonyl (C=O) groups excluding carboxylic acids is 2. The van der Waals surface area contributed by atoms with E-state index in [1.54, 1.807) is 30.0 Å². The van der Waals surface area contributed by atoms with Gasteiger partial charge in [-0.2, -0.15) is 0 Å². The summed E-state index contributed by atoms with van der Waals surface area (Å²) in [6.07, 6.45) is 5.59. The van der Waals surface area contributed by atoms with Gasteiger partial charge in [0.2, 0.25) is 5.91 Å². The van der Waals surface area contributed by atoms with E-state index >= 15 is 0 Å². The molecule has 2 heterocycles. The van der Waals surface area contributed by atoms with Crippen molar-refractivity contribution in [2.75, 3.05) is 19.7 Å². The highest BCUT2D eigenvalue weighted by Crippen LogP contribution is 2.40. The Bertz CT molecular complexity index is 1030. The molecule has 29 heavy (non-hydrogen) atoms. The van der Waals surface area contributed by atoms with Gasteiger partial charge in [0.05, 0.1) is 29.8 Å². The number of carbonyl (C=O) groups is 2. The number of hydrogen-bond donors (Lipinski definition) is 0.